The summed E-state index contributed by atoms with van der Waals surface area (Å²) in [6, 6.07) is 7.07. The van der Waals surface area contributed by atoms with Gasteiger partial charge < -0.3 is 35.2 Å². The molecule has 4 N–H and O–H groups in total. The summed E-state index contributed by atoms with van der Waals surface area (Å²) in [4.78, 5) is 63.7. The van der Waals surface area contributed by atoms with E-state index in [0.717, 1.165) is 37.7 Å². The summed E-state index contributed by atoms with van der Waals surface area (Å²) >= 11 is 0. The Morgan fingerprint density at radius 3 is 2.42 bits per heavy atom. The molecule has 15 heteroatoms. The van der Waals surface area contributed by atoms with Gasteiger partial charge in [-0.15, -0.1) is 0 Å². The molecular formula is C33H51N4O10P. The Balaban J connectivity index is 1.48. The number of nitrogens with one attached hydrogen (secondary N) is 3. The third-order valence-electron chi connectivity index (χ3n) is 8.61. The number of benzene rings is 1. The van der Waals surface area contributed by atoms with Gasteiger partial charge in [-0.05, 0) is 63.9 Å². The lowest BCUT2D eigenvalue weighted by atomic mass is 9.84. The van der Waals surface area contributed by atoms with E-state index in [9.17, 15) is 33.6 Å². The van der Waals surface area contributed by atoms with Crippen molar-refractivity contribution >= 4 is 38.0 Å². The zero-order chi connectivity index (χ0) is 34.9. The van der Waals surface area contributed by atoms with Crippen molar-refractivity contribution in [3.63, 3.8) is 0 Å². The van der Waals surface area contributed by atoms with Gasteiger partial charge in [0.05, 0.1) is 12.6 Å². The Kier molecular flexibility index (Phi) is 16.9. The third-order valence-corrected chi connectivity index (χ3v) is 9.56. The summed E-state index contributed by atoms with van der Waals surface area (Å²) in [5.74, 6) is -2.32. The lowest BCUT2D eigenvalue weighted by molar-refractivity contribution is -0.151. The second-order valence-corrected chi connectivity index (χ2v) is 13.4. The first-order chi connectivity index (χ1) is 23.1. The van der Waals surface area contributed by atoms with E-state index in [2.05, 4.69) is 16.0 Å². The molecule has 0 bridgehead atoms. The van der Waals surface area contributed by atoms with Crippen molar-refractivity contribution in [1.29, 1.82) is 0 Å². The molecule has 1 aromatic rings. The summed E-state index contributed by atoms with van der Waals surface area (Å²) in [6.07, 6.45) is 5.33. The molecule has 14 nitrogen and oxygen atoms in total. The van der Waals surface area contributed by atoms with Crippen molar-refractivity contribution in [2.75, 3.05) is 19.7 Å². The van der Waals surface area contributed by atoms with Crippen LogP contribution in [0.3, 0.4) is 0 Å². The molecule has 0 aromatic heterocycles. The molecular weight excluding hydrogens is 643 g/mol. The Morgan fingerprint density at radius 1 is 1.00 bits per heavy atom. The first-order valence-corrected chi connectivity index (χ1v) is 18.2. The van der Waals surface area contributed by atoms with E-state index in [1.54, 1.807) is 0 Å². The van der Waals surface area contributed by atoms with Crippen LogP contribution in [-0.2, 0) is 44.1 Å². The summed E-state index contributed by atoms with van der Waals surface area (Å²) in [7, 11) is -3.16. The molecule has 1 aromatic carbocycles. The number of carbonyl (C=O) groups is 5. The SMILES string of the molecule is CCCCC(CO[PH](=O)O[C@@H](C)C(=O)N1CCC[C@H]1C(=O)O)NC(=O)[C@H](CCCCNC(=O)OCc1ccccc1)NC(=O)C1CCC1. The molecule has 5 atom stereocenters. The standard InChI is InChI=1S/C33H51N4O10P/c1-3-4-16-26(22-46-48(44)47-23(2)31(40)37-20-11-18-28(37)32(41)42)35-30(39)27(36-29(38)25-14-10-15-25)17-8-9-19-34-33(43)45-21-24-12-6-5-7-13-24/h5-7,12-13,23,25-28,48H,3-4,8-11,14-22H2,1-2H3,(H,34,43)(H,35,39)(H,36,38)(H,41,42)/t23-,26?,27-,28-/m0/s1. The summed E-state index contributed by atoms with van der Waals surface area (Å²) < 4.78 is 28.7. The molecule has 1 saturated carbocycles. The summed E-state index contributed by atoms with van der Waals surface area (Å²) in [5, 5.41) is 17.9. The maximum absolute atomic E-state index is 13.4. The monoisotopic (exact) mass is 694 g/mol. The highest BCUT2D eigenvalue weighted by Crippen LogP contribution is 2.29. The largest absolute Gasteiger partial charge is 0.480 e. The molecule has 2 unspecified atom stereocenters. The lowest BCUT2D eigenvalue weighted by Gasteiger charge is -2.28. The summed E-state index contributed by atoms with van der Waals surface area (Å²) in [6.45, 7) is 4.05. The van der Waals surface area contributed by atoms with Gasteiger partial charge in [-0.25, -0.2) is 9.59 Å². The van der Waals surface area contributed by atoms with E-state index >= 15 is 0 Å². The van der Waals surface area contributed by atoms with Gasteiger partial charge in [0.25, 0.3) is 5.91 Å². The fourth-order valence-electron chi connectivity index (χ4n) is 5.53. The zero-order valence-electron chi connectivity index (χ0n) is 27.9. The van der Waals surface area contributed by atoms with Crippen LogP contribution in [0.4, 0.5) is 4.79 Å². The average Bonchev–Trinajstić information content (AvgIpc) is 3.54. The quantitative estimate of drug-likeness (QED) is 0.108. The van der Waals surface area contributed by atoms with Crippen LogP contribution >= 0.6 is 8.25 Å². The number of rotatable bonds is 21. The Bertz CT molecular complexity index is 1230. The molecule has 2 fully saturated rings. The number of alkyl carbamates (subject to hydrolysis) is 1. The van der Waals surface area contributed by atoms with E-state index in [4.69, 9.17) is 13.8 Å². The lowest BCUT2D eigenvalue weighted by Crippen LogP contribution is -2.52. The number of aliphatic carboxylic acids is 1. The van der Waals surface area contributed by atoms with Crippen molar-refractivity contribution in [1.82, 2.24) is 20.9 Å². The third kappa shape index (κ3) is 13.2. The van der Waals surface area contributed by atoms with Crippen molar-refractivity contribution in [2.24, 2.45) is 5.92 Å². The fourth-order valence-corrected chi connectivity index (χ4v) is 6.33. The summed E-state index contributed by atoms with van der Waals surface area (Å²) in [5.41, 5.74) is 0.879. The van der Waals surface area contributed by atoms with Crippen LogP contribution in [0.1, 0.15) is 90.0 Å². The second-order valence-electron chi connectivity index (χ2n) is 12.4. The maximum Gasteiger partial charge on any atom is 0.407 e. The van der Waals surface area contributed by atoms with Crippen molar-refractivity contribution in [3.8, 4) is 0 Å². The van der Waals surface area contributed by atoms with Gasteiger partial charge in [0.15, 0.2) is 0 Å². The molecule has 0 spiro atoms. The van der Waals surface area contributed by atoms with Crippen molar-refractivity contribution in [2.45, 2.75) is 115 Å². The molecule has 1 aliphatic carbocycles. The number of amides is 4. The van der Waals surface area contributed by atoms with Gasteiger partial charge in [0.1, 0.15) is 24.8 Å². The van der Waals surface area contributed by atoms with Crippen LogP contribution in [-0.4, -0.2) is 83.7 Å². The number of carbonyl (C=O) groups excluding carboxylic acids is 4. The van der Waals surface area contributed by atoms with Crippen LogP contribution in [0.5, 0.6) is 0 Å². The Hall–Kier alpha value is -3.48. The van der Waals surface area contributed by atoms with Gasteiger partial charge >= 0.3 is 20.3 Å². The number of hydrogen-bond donors (Lipinski definition) is 4. The maximum atomic E-state index is 13.4. The van der Waals surface area contributed by atoms with Gasteiger partial charge in [-0.1, -0.05) is 56.5 Å². The van der Waals surface area contributed by atoms with E-state index in [1.165, 1.54) is 11.8 Å². The number of unbranched alkanes of at least 4 members (excludes halogenated alkanes) is 2. The number of carboxylic acids is 1. The van der Waals surface area contributed by atoms with Crippen LogP contribution in [0.25, 0.3) is 0 Å². The molecule has 48 heavy (non-hydrogen) atoms. The van der Waals surface area contributed by atoms with Gasteiger partial charge in [-0.3, -0.25) is 23.5 Å². The van der Waals surface area contributed by atoms with Crippen molar-refractivity contribution < 1.29 is 47.4 Å². The highest BCUT2D eigenvalue weighted by Gasteiger charge is 2.37. The molecule has 3 rings (SSSR count). The minimum absolute atomic E-state index is 0.112. The smallest absolute Gasteiger partial charge is 0.407 e. The zero-order valence-corrected chi connectivity index (χ0v) is 28.9. The second kappa shape index (κ2) is 20.8. The highest BCUT2D eigenvalue weighted by atomic mass is 31.1. The van der Waals surface area contributed by atoms with Crippen molar-refractivity contribution in [3.05, 3.63) is 35.9 Å². The Morgan fingerprint density at radius 2 is 1.75 bits per heavy atom. The molecule has 2 aliphatic rings. The minimum Gasteiger partial charge on any atom is -0.480 e. The fraction of sp³-hybridized carbons (Fsp3) is 0.667. The number of carboxylic acid groups (broad SMARTS) is 1. The van der Waals surface area contributed by atoms with E-state index in [1.807, 2.05) is 37.3 Å². The first-order valence-electron chi connectivity index (χ1n) is 17.0. The topological polar surface area (TPSA) is 190 Å². The average molecular weight is 695 g/mol. The highest BCUT2D eigenvalue weighted by molar-refractivity contribution is 7.33. The van der Waals surface area contributed by atoms with Gasteiger partial charge in [0.2, 0.25) is 11.8 Å². The predicted molar refractivity (Wildman–Crippen MR) is 177 cm³/mol. The van der Waals surface area contributed by atoms with Crippen LogP contribution < -0.4 is 16.0 Å². The van der Waals surface area contributed by atoms with Crippen LogP contribution in [0.2, 0.25) is 0 Å². The first kappa shape index (κ1) is 39.0. The number of likely N-dealkylation sites (tertiary alicyclic amines) is 1. The number of ether oxygens (including phenoxy) is 1. The molecule has 4 amide bonds. The van der Waals surface area contributed by atoms with Gasteiger partial charge in [-0.2, -0.15) is 0 Å². The van der Waals surface area contributed by atoms with E-state index < -0.39 is 50.5 Å². The predicted octanol–water partition coefficient (Wildman–Crippen LogP) is 3.93. The minimum atomic E-state index is -3.16. The molecule has 268 valence electrons. The van der Waals surface area contributed by atoms with Gasteiger partial charge in [0, 0.05) is 19.0 Å². The van der Waals surface area contributed by atoms with Crippen LogP contribution in [0.15, 0.2) is 30.3 Å². The molecule has 1 aliphatic heterocycles. The number of hydrogen-bond acceptors (Lipinski definition) is 9. The molecule has 1 saturated heterocycles. The molecule has 1 heterocycles. The Labute approximate surface area is 283 Å². The van der Waals surface area contributed by atoms with E-state index in [-0.39, 0.29) is 37.5 Å². The van der Waals surface area contributed by atoms with E-state index in [0.29, 0.717) is 45.1 Å². The number of nitrogens with zero attached hydrogens (tertiary/aromatic N) is 1. The normalized spacial score (nSPS) is 18.5. The molecule has 0 radical (unpaired) electrons. The van der Waals surface area contributed by atoms with Crippen LogP contribution in [0, 0.1) is 5.92 Å².